The first-order chi connectivity index (χ1) is 23.8. The van der Waals surface area contributed by atoms with E-state index in [9.17, 15) is 28.4 Å². The van der Waals surface area contributed by atoms with Crippen LogP contribution in [0.1, 0.15) is 76.2 Å². The van der Waals surface area contributed by atoms with Crippen LogP contribution in [0.5, 0.6) is 5.75 Å². The lowest BCUT2D eigenvalue weighted by Gasteiger charge is -2.38. The second-order valence-corrected chi connectivity index (χ2v) is 14.0. The molecule has 2 aliphatic heterocycles. The first-order valence-electron chi connectivity index (χ1n) is 17.3. The Hall–Kier alpha value is -4.52. The smallest absolute Gasteiger partial charge is 0.255 e. The van der Waals surface area contributed by atoms with E-state index in [1.54, 1.807) is 45.0 Å². The monoisotopic (exact) mass is 695 g/mol. The minimum atomic E-state index is -1.34. The summed E-state index contributed by atoms with van der Waals surface area (Å²) in [6.45, 7) is 10.1. The van der Waals surface area contributed by atoms with Crippen LogP contribution in [-0.2, 0) is 29.3 Å². The average molecular weight is 696 g/mol. The molecule has 272 valence electrons. The topological polar surface area (TPSA) is 164 Å². The Bertz CT molecular complexity index is 1530. The number of hydrogen-bond acceptors (Lipinski definition) is 7. The fourth-order valence-electron chi connectivity index (χ4n) is 6.27. The lowest BCUT2D eigenvalue weighted by Crippen LogP contribution is -2.57. The van der Waals surface area contributed by atoms with E-state index in [4.69, 9.17) is 9.47 Å². The molecule has 0 spiro atoms. The summed E-state index contributed by atoms with van der Waals surface area (Å²) < 4.78 is 25.8. The molecule has 2 heterocycles. The quantitative estimate of drug-likeness (QED) is 0.298. The van der Waals surface area contributed by atoms with Gasteiger partial charge in [-0.1, -0.05) is 52.0 Å². The predicted octanol–water partition coefficient (Wildman–Crippen LogP) is 2.75. The highest BCUT2D eigenvalue weighted by molar-refractivity contribution is 6.01. The number of para-hydroxylation sites is 1. The van der Waals surface area contributed by atoms with E-state index in [2.05, 4.69) is 26.6 Å². The van der Waals surface area contributed by atoms with E-state index in [0.29, 0.717) is 31.6 Å². The molecule has 50 heavy (non-hydrogen) atoms. The highest BCUT2D eigenvalue weighted by atomic mass is 19.1. The highest BCUT2D eigenvalue weighted by Gasteiger charge is 2.37. The molecule has 2 aromatic rings. The number of halogens is 1. The Balaban J connectivity index is 1.65. The number of rotatable bonds is 7. The zero-order valence-electron chi connectivity index (χ0n) is 29.5. The van der Waals surface area contributed by atoms with Gasteiger partial charge in [0.1, 0.15) is 36.3 Å². The zero-order chi connectivity index (χ0) is 36.4. The summed E-state index contributed by atoms with van der Waals surface area (Å²) in [7, 11) is 0. The molecule has 4 atom stereocenters. The summed E-state index contributed by atoms with van der Waals surface area (Å²) in [5, 5.41) is 14.0. The van der Waals surface area contributed by atoms with E-state index in [1.807, 2.05) is 19.9 Å². The molecular formula is C37H50FN5O7. The van der Waals surface area contributed by atoms with Gasteiger partial charge < -0.3 is 36.1 Å². The fourth-order valence-corrected chi connectivity index (χ4v) is 6.27. The lowest BCUT2D eigenvalue weighted by molar-refractivity contribution is -0.134. The average Bonchev–Trinajstić information content (AvgIpc) is 3.07. The van der Waals surface area contributed by atoms with E-state index in [1.165, 1.54) is 18.2 Å². The van der Waals surface area contributed by atoms with Crippen molar-refractivity contribution in [2.24, 2.45) is 11.8 Å². The number of nitrogens with one attached hydrogen (secondary N) is 5. The van der Waals surface area contributed by atoms with Crippen LogP contribution >= 0.6 is 0 Å². The van der Waals surface area contributed by atoms with Gasteiger partial charge in [0.15, 0.2) is 0 Å². The molecule has 5 N–H and O–H groups in total. The normalized spacial score (nSPS) is 23.8. The van der Waals surface area contributed by atoms with Crippen LogP contribution in [0.4, 0.5) is 4.39 Å². The van der Waals surface area contributed by atoms with Crippen LogP contribution in [0.25, 0.3) is 0 Å². The molecule has 4 rings (SSSR count). The first-order valence-corrected chi connectivity index (χ1v) is 17.3. The summed E-state index contributed by atoms with van der Waals surface area (Å²) in [6, 6.07) is 8.98. The number of amides is 5. The van der Waals surface area contributed by atoms with Crippen molar-refractivity contribution in [3.8, 4) is 5.75 Å². The zero-order valence-corrected chi connectivity index (χ0v) is 29.5. The number of carbonyl (C=O) groups excluding carboxylic acids is 5. The maximum Gasteiger partial charge on any atom is 0.255 e. The van der Waals surface area contributed by atoms with Gasteiger partial charge in [-0.2, -0.15) is 0 Å². The molecule has 0 unspecified atom stereocenters. The van der Waals surface area contributed by atoms with Crippen LogP contribution in [0, 0.1) is 17.7 Å². The van der Waals surface area contributed by atoms with Crippen LogP contribution in [0.15, 0.2) is 48.5 Å². The Kier molecular flexibility index (Phi) is 13.3. The molecule has 1 fully saturated rings. The molecule has 0 aliphatic carbocycles. The van der Waals surface area contributed by atoms with Gasteiger partial charge in [0.25, 0.3) is 5.91 Å². The van der Waals surface area contributed by atoms with Crippen LogP contribution in [0.3, 0.4) is 0 Å². The van der Waals surface area contributed by atoms with Gasteiger partial charge in [0.2, 0.25) is 23.6 Å². The largest absolute Gasteiger partial charge is 0.491 e. The third kappa shape index (κ3) is 10.3. The SMILES string of the molecule is CC(C)C[C@@H]1NC(=O)C[C@@H](C(=O)NCC2(c3cccc(F)c3)CCOCC2)NC(=O)c2ccccc2OC[C@H](C)NC(=O)[C@@H](C(C)C)NC1=O. The summed E-state index contributed by atoms with van der Waals surface area (Å²) >= 11 is 0. The van der Waals surface area contributed by atoms with Gasteiger partial charge in [0, 0.05) is 25.2 Å². The molecule has 2 aliphatic rings. The molecule has 1 saturated heterocycles. The van der Waals surface area contributed by atoms with Gasteiger partial charge >= 0.3 is 0 Å². The maximum absolute atomic E-state index is 14.3. The van der Waals surface area contributed by atoms with Crippen LogP contribution in [0.2, 0.25) is 0 Å². The van der Waals surface area contributed by atoms with Crippen molar-refractivity contribution in [3.05, 3.63) is 65.5 Å². The van der Waals surface area contributed by atoms with Gasteiger partial charge in [-0.15, -0.1) is 0 Å². The van der Waals surface area contributed by atoms with Gasteiger partial charge in [-0.05, 0) is 67.9 Å². The molecule has 13 heteroatoms. The molecule has 5 amide bonds. The Labute approximate surface area is 293 Å². The molecule has 0 radical (unpaired) electrons. The Morgan fingerprint density at radius 3 is 2.34 bits per heavy atom. The first kappa shape index (κ1) is 38.3. The van der Waals surface area contributed by atoms with E-state index in [-0.39, 0.29) is 42.7 Å². The molecule has 2 aromatic carbocycles. The van der Waals surface area contributed by atoms with Gasteiger partial charge in [-0.3, -0.25) is 24.0 Å². The Morgan fingerprint density at radius 2 is 1.66 bits per heavy atom. The fraction of sp³-hybridized carbons (Fsp3) is 0.541. The maximum atomic E-state index is 14.3. The molecule has 0 bridgehead atoms. The number of hydrogen-bond donors (Lipinski definition) is 5. The molecule has 12 nitrogen and oxygen atoms in total. The lowest BCUT2D eigenvalue weighted by atomic mass is 9.74. The van der Waals surface area contributed by atoms with Crippen molar-refractivity contribution in [1.82, 2.24) is 26.6 Å². The molecular weight excluding hydrogens is 645 g/mol. The van der Waals surface area contributed by atoms with Crippen molar-refractivity contribution in [1.29, 1.82) is 0 Å². The van der Waals surface area contributed by atoms with Crippen LogP contribution in [-0.4, -0.2) is 80.1 Å². The summed E-state index contributed by atoms with van der Waals surface area (Å²) in [5.74, 6) is -3.33. The predicted molar refractivity (Wildman–Crippen MR) is 185 cm³/mol. The number of fused-ring (bicyclic) bond motifs is 1. The van der Waals surface area contributed by atoms with Crippen LogP contribution < -0.4 is 31.3 Å². The van der Waals surface area contributed by atoms with Gasteiger partial charge in [0.05, 0.1) is 18.0 Å². The minimum absolute atomic E-state index is 0.00237. The van der Waals surface area contributed by atoms with E-state index < -0.39 is 71.4 Å². The third-order valence-corrected chi connectivity index (χ3v) is 9.11. The summed E-state index contributed by atoms with van der Waals surface area (Å²) in [5.41, 5.74) is 0.214. The highest BCUT2D eigenvalue weighted by Crippen LogP contribution is 2.34. The Morgan fingerprint density at radius 1 is 0.940 bits per heavy atom. The molecule has 0 aromatic heterocycles. The second kappa shape index (κ2) is 17.4. The summed E-state index contributed by atoms with van der Waals surface area (Å²) in [4.78, 5) is 68.1. The van der Waals surface area contributed by atoms with E-state index in [0.717, 1.165) is 0 Å². The minimum Gasteiger partial charge on any atom is -0.491 e. The standard InChI is InChI=1S/C37H50FN5O7/c1-22(2)17-28-35(47)43-32(23(3)4)36(48)40-24(5)20-50-30-12-7-6-11-27(30)33(45)42-29(19-31(44)41-28)34(46)39-21-37(13-15-49-16-14-37)25-9-8-10-26(38)18-25/h6-12,18,22-24,28-29,32H,13-17,19-21H2,1-5H3,(H,39,46)(H,40,48)(H,41,44)(H,42,45)(H,43,47)/t24-,28-,29-,32+/m0/s1. The summed E-state index contributed by atoms with van der Waals surface area (Å²) in [6.07, 6.45) is 0.836. The van der Waals surface area contributed by atoms with Crippen molar-refractivity contribution in [3.63, 3.8) is 0 Å². The number of benzene rings is 2. The van der Waals surface area contributed by atoms with E-state index >= 15 is 0 Å². The number of ether oxygens (including phenoxy) is 2. The van der Waals surface area contributed by atoms with Crippen molar-refractivity contribution < 1.29 is 37.8 Å². The van der Waals surface area contributed by atoms with Crippen molar-refractivity contribution >= 4 is 29.5 Å². The van der Waals surface area contributed by atoms with Crippen molar-refractivity contribution in [2.45, 2.75) is 89.9 Å². The van der Waals surface area contributed by atoms with Crippen molar-refractivity contribution in [2.75, 3.05) is 26.4 Å². The number of carbonyl (C=O) groups is 5. The second-order valence-electron chi connectivity index (χ2n) is 14.0. The molecule has 0 saturated carbocycles. The third-order valence-electron chi connectivity index (χ3n) is 9.11. The van der Waals surface area contributed by atoms with Gasteiger partial charge in [-0.25, -0.2) is 4.39 Å².